The van der Waals surface area contributed by atoms with Crippen molar-refractivity contribution in [2.24, 2.45) is 0 Å². The molecule has 0 aromatic heterocycles. The highest BCUT2D eigenvalue weighted by atomic mass is 16.5. The molecule has 1 amide bonds. The minimum Gasteiger partial charge on any atom is -0.493 e. The summed E-state index contributed by atoms with van der Waals surface area (Å²) in [6.07, 6.45) is 0.731. The molecule has 0 heterocycles. The van der Waals surface area contributed by atoms with Crippen LogP contribution in [0.1, 0.15) is 30.9 Å². The van der Waals surface area contributed by atoms with Crippen LogP contribution < -0.4 is 20.1 Å². The smallest absolute Gasteiger partial charge is 0.239 e. The molecule has 0 saturated heterocycles. The molecular formula is C21H28N2O3. The van der Waals surface area contributed by atoms with E-state index in [0.29, 0.717) is 24.0 Å². The van der Waals surface area contributed by atoms with Crippen LogP contribution in [0.3, 0.4) is 0 Å². The SMILES string of the molecule is COc1ccc(CCNC(=O)CNc2ccccc2C(C)C)cc1OC. The standard InChI is InChI=1S/C21H28N2O3/c1-15(2)17-7-5-6-8-18(17)23-14-21(24)22-12-11-16-9-10-19(25-3)20(13-16)26-4/h5-10,13,15,23H,11-12,14H2,1-4H3,(H,22,24). The molecule has 0 atom stereocenters. The van der Waals surface area contributed by atoms with Gasteiger partial charge in [0.15, 0.2) is 11.5 Å². The molecule has 2 aromatic carbocycles. The fourth-order valence-corrected chi connectivity index (χ4v) is 2.78. The van der Waals surface area contributed by atoms with Gasteiger partial charge in [0.1, 0.15) is 0 Å². The lowest BCUT2D eigenvalue weighted by atomic mass is 10.0. The first-order valence-electron chi connectivity index (χ1n) is 8.85. The normalized spacial score (nSPS) is 10.5. The maximum absolute atomic E-state index is 12.1. The van der Waals surface area contributed by atoms with Gasteiger partial charge in [-0.15, -0.1) is 0 Å². The molecule has 0 unspecified atom stereocenters. The number of para-hydroxylation sites is 1. The number of hydrogen-bond acceptors (Lipinski definition) is 4. The minimum atomic E-state index is -0.0240. The Bertz CT molecular complexity index is 729. The van der Waals surface area contributed by atoms with Crippen LogP contribution >= 0.6 is 0 Å². The van der Waals surface area contributed by atoms with E-state index in [9.17, 15) is 4.79 Å². The number of nitrogens with one attached hydrogen (secondary N) is 2. The Hall–Kier alpha value is -2.69. The summed E-state index contributed by atoms with van der Waals surface area (Å²) in [5.74, 6) is 1.78. The molecule has 0 spiro atoms. The average Bonchev–Trinajstić information content (AvgIpc) is 2.66. The number of benzene rings is 2. The van der Waals surface area contributed by atoms with E-state index in [-0.39, 0.29) is 12.5 Å². The van der Waals surface area contributed by atoms with Crippen LogP contribution in [0.2, 0.25) is 0 Å². The summed E-state index contributed by atoms with van der Waals surface area (Å²) in [6.45, 7) is 5.12. The molecule has 5 nitrogen and oxygen atoms in total. The van der Waals surface area contributed by atoms with Gasteiger partial charge in [-0.1, -0.05) is 38.1 Å². The highest BCUT2D eigenvalue weighted by molar-refractivity contribution is 5.81. The van der Waals surface area contributed by atoms with E-state index in [2.05, 4.69) is 30.5 Å². The van der Waals surface area contributed by atoms with Crippen LogP contribution in [0.15, 0.2) is 42.5 Å². The minimum absolute atomic E-state index is 0.0240. The predicted octanol–water partition coefficient (Wildman–Crippen LogP) is 3.60. The van der Waals surface area contributed by atoms with Crippen LogP contribution in [-0.2, 0) is 11.2 Å². The van der Waals surface area contributed by atoms with E-state index in [1.807, 2.05) is 36.4 Å². The topological polar surface area (TPSA) is 59.6 Å². The molecule has 0 fully saturated rings. The number of carbonyl (C=O) groups excluding carboxylic acids is 1. The van der Waals surface area contributed by atoms with Crippen molar-refractivity contribution in [3.05, 3.63) is 53.6 Å². The van der Waals surface area contributed by atoms with Crippen molar-refractivity contribution in [2.75, 3.05) is 32.6 Å². The zero-order chi connectivity index (χ0) is 18.9. The molecule has 2 aromatic rings. The molecule has 0 aliphatic rings. The molecular weight excluding hydrogens is 328 g/mol. The quantitative estimate of drug-likeness (QED) is 0.721. The fraction of sp³-hybridized carbons (Fsp3) is 0.381. The highest BCUT2D eigenvalue weighted by Gasteiger charge is 2.08. The number of anilines is 1. The molecule has 2 N–H and O–H groups in total. The van der Waals surface area contributed by atoms with Gasteiger partial charge >= 0.3 is 0 Å². The third-order valence-electron chi connectivity index (χ3n) is 4.21. The summed E-state index contributed by atoms with van der Waals surface area (Å²) in [4.78, 5) is 12.1. The van der Waals surface area contributed by atoms with E-state index in [4.69, 9.17) is 9.47 Å². The summed E-state index contributed by atoms with van der Waals surface area (Å²) < 4.78 is 10.5. The molecule has 2 rings (SSSR count). The van der Waals surface area contributed by atoms with Crippen molar-refractivity contribution in [3.8, 4) is 11.5 Å². The van der Waals surface area contributed by atoms with Gasteiger partial charge in [-0.3, -0.25) is 4.79 Å². The van der Waals surface area contributed by atoms with Crippen LogP contribution in [0, 0.1) is 0 Å². The van der Waals surface area contributed by atoms with E-state index in [1.54, 1.807) is 14.2 Å². The number of carbonyl (C=O) groups is 1. The lowest BCUT2D eigenvalue weighted by Gasteiger charge is -2.14. The van der Waals surface area contributed by atoms with E-state index in [0.717, 1.165) is 17.7 Å². The van der Waals surface area contributed by atoms with Gasteiger partial charge in [-0.2, -0.15) is 0 Å². The molecule has 0 aliphatic heterocycles. The first-order valence-corrected chi connectivity index (χ1v) is 8.85. The largest absolute Gasteiger partial charge is 0.493 e. The number of rotatable bonds is 9. The Morgan fingerprint density at radius 1 is 1.04 bits per heavy atom. The second kappa shape index (κ2) is 9.70. The van der Waals surface area contributed by atoms with E-state index in [1.165, 1.54) is 5.56 Å². The number of hydrogen-bond donors (Lipinski definition) is 2. The Balaban J connectivity index is 1.81. The van der Waals surface area contributed by atoms with Crippen LogP contribution in [0.4, 0.5) is 5.69 Å². The number of ether oxygens (including phenoxy) is 2. The first-order chi connectivity index (χ1) is 12.5. The van der Waals surface area contributed by atoms with E-state index < -0.39 is 0 Å². The summed E-state index contributed by atoms with van der Waals surface area (Å²) in [5, 5.41) is 6.17. The lowest BCUT2D eigenvalue weighted by Crippen LogP contribution is -2.31. The molecule has 26 heavy (non-hydrogen) atoms. The van der Waals surface area contributed by atoms with Crippen molar-refractivity contribution < 1.29 is 14.3 Å². The first kappa shape index (κ1) is 19.6. The van der Waals surface area contributed by atoms with E-state index >= 15 is 0 Å². The third-order valence-corrected chi connectivity index (χ3v) is 4.21. The Labute approximate surface area is 155 Å². The van der Waals surface area contributed by atoms with Gasteiger partial charge < -0.3 is 20.1 Å². The van der Waals surface area contributed by atoms with Gasteiger partial charge in [0.05, 0.1) is 20.8 Å². The van der Waals surface area contributed by atoms with Crippen LogP contribution in [-0.4, -0.2) is 33.2 Å². The van der Waals surface area contributed by atoms with Crippen molar-refractivity contribution in [3.63, 3.8) is 0 Å². The monoisotopic (exact) mass is 356 g/mol. The highest BCUT2D eigenvalue weighted by Crippen LogP contribution is 2.27. The van der Waals surface area contributed by atoms with Gasteiger partial charge in [0, 0.05) is 12.2 Å². The zero-order valence-electron chi connectivity index (χ0n) is 16.0. The van der Waals surface area contributed by atoms with Gasteiger partial charge in [0.2, 0.25) is 5.91 Å². The maximum Gasteiger partial charge on any atom is 0.239 e. The number of methoxy groups -OCH3 is 2. The zero-order valence-corrected chi connectivity index (χ0v) is 16.0. The van der Waals surface area contributed by atoms with Crippen LogP contribution in [0.5, 0.6) is 11.5 Å². The molecule has 0 bridgehead atoms. The fourth-order valence-electron chi connectivity index (χ4n) is 2.78. The van der Waals surface area contributed by atoms with Gasteiger partial charge in [-0.25, -0.2) is 0 Å². The summed E-state index contributed by atoms with van der Waals surface area (Å²) in [6, 6.07) is 13.9. The van der Waals surface area contributed by atoms with Crippen molar-refractivity contribution in [2.45, 2.75) is 26.2 Å². The Kier molecular flexibility index (Phi) is 7.33. The molecule has 0 saturated carbocycles. The maximum atomic E-state index is 12.1. The Morgan fingerprint density at radius 2 is 1.77 bits per heavy atom. The number of amides is 1. The summed E-state index contributed by atoms with van der Waals surface area (Å²) in [5.41, 5.74) is 3.31. The average molecular weight is 356 g/mol. The molecule has 0 radical (unpaired) electrons. The van der Waals surface area contributed by atoms with Crippen molar-refractivity contribution >= 4 is 11.6 Å². The van der Waals surface area contributed by atoms with Gasteiger partial charge in [0.25, 0.3) is 0 Å². The van der Waals surface area contributed by atoms with Crippen LogP contribution in [0.25, 0.3) is 0 Å². The van der Waals surface area contributed by atoms with Gasteiger partial charge in [-0.05, 0) is 41.7 Å². The lowest BCUT2D eigenvalue weighted by molar-refractivity contribution is -0.119. The predicted molar refractivity (Wildman–Crippen MR) is 105 cm³/mol. The van der Waals surface area contributed by atoms with Crippen molar-refractivity contribution in [1.29, 1.82) is 0 Å². The molecule has 5 heteroatoms. The summed E-state index contributed by atoms with van der Waals surface area (Å²) >= 11 is 0. The Morgan fingerprint density at radius 3 is 2.46 bits per heavy atom. The molecule has 140 valence electrons. The molecule has 0 aliphatic carbocycles. The summed E-state index contributed by atoms with van der Waals surface area (Å²) in [7, 11) is 3.23. The second-order valence-electron chi connectivity index (χ2n) is 6.38. The second-order valence-corrected chi connectivity index (χ2v) is 6.38. The van der Waals surface area contributed by atoms with Crippen molar-refractivity contribution in [1.82, 2.24) is 5.32 Å². The third kappa shape index (κ3) is 5.41.